The summed E-state index contributed by atoms with van der Waals surface area (Å²) in [5.74, 6) is -3.79. The Labute approximate surface area is 715 Å². The molecule has 1 spiro atoms. The molecule has 10 atom stereocenters. The standard InChI is InChI=1S/C21H36N4O4S2.C17H30N4O5.C17H28N4O5.C11H23N3O3.C6H9NO3.C4H10S2.ClH/c1-5-8-15(18(27)20(29)22-12-17(26)23-14(2)3)24-19(28)16-11-21(13-25(16)4)30-9-6-7-10-31-21;2*1-5-6-12(20-16(25)13-7-11(22)9-21(13)4)15(24)17(26)18-8-14(23)19-10(2)3;1-4-5-8(12)10(16)11(17)13-6-9(15)14-7(2)3;1-7-3-4(8)2-5(7)6(9)10;5-3-1-2-4-6;/h14-16H,5-13H2,1-4H3,(H,22,29)(H,23,26)(H,24,28);10,12-13,15,24H,5-9H2,1-4H3,(H,18,26)(H,19,23)(H,20,25);10,12-13H,5-9H2,1-4H3,(H,18,26)(H,19,23)(H,20,25);7-8,10,16H,4-6,12H2,1-3H3,(H,13,17)(H,14,15);5H,2-3H2,1H3,(H,9,10);5-6H,1-4H2;1H. The van der Waals surface area contributed by atoms with Gasteiger partial charge in [0.25, 0.3) is 23.6 Å². The number of hydrogen-bond donors (Lipinski definition) is 17. The van der Waals surface area contributed by atoms with Gasteiger partial charge in [-0.2, -0.15) is 25.3 Å². The smallest absolute Gasteiger partial charge is 0.321 e. The zero-order valence-corrected chi connectivity index (χ0v) is 75.4. The lowest BCUT2D eigenvalue weighted by Gasteiger charge is -2.26. The largest absolute Gasteiger partial charge is 0.480 e. The van der Waals surface area contributed by atoms with Crippen molar-refractivity contribution in [1.29, 1.82) is 0 Å². The van der Waals surface area contributed by atoms with Gasteiger partial charge in [-0.05, 0) is 164 Å². The lowest BCUT2D eigenvalue weighted by atomic mass is 10.0. The Kier molecular flexibility index (Phi) is 58.4. The summed E-state index contributed by atoms with van der Waals surface area (Å²) < 4.78 is 0.0265. The van der Waals surface area contributed by atoms with Crippen LogP contribution in [0.2, 0.25) is 0 Å². The number of aliphatic carboxylic acids is 1. The molecule has 117 heavy (non-hydrogen) atoms. The Morgan fingerprint density at radius 1 is 0.462 bits per heavy atom. The number of nitrogens with one attached hydrogen (secondary N) is 11. The van der Waals surface area contributed by atoms with Gasteiger partial charge in [0.2, 0.25) is 52.9 Å². The minimum Gasteiger partial charge on any atom is -0.480 e. The Bertz CT molecular complexity index is 3190. The van der Waals surface area contributed by atoms with Crippen molar-refractivity contribution in [3.8, 4) is 0 Å². The fourth-order valence-corrected chi connectivity index (χ4v) is 16.0. The Balaban J connectivity index is 0. The van der Waals surface area contributed by atoms with E-state index in [9.17, 15) is 91.7 Å². The van der Waals surface area contributed by atoms with Crippen LogP contribution in [0.25, 0.3) is 0 Å². The number of likely N-dealkylation sites (N-methyl/N-ethyl adjacent to an activating group) is 4. The van der Waals surface area contributed by atoms with Gasteiger partial charge in [-0.15, -0.1) is 35.9 Å². The maximum atomic E-state index is 13.0. The summed E-state index contributed by atoms with van der Waals surface area (Å²) in [6.45, 7) is 22.5. The molecule has 16 N–H and O–H groups in total. The third-order valence-corrected chi connectivity index (χ3v) is 21.9. The van der Waals surface area contributed by atoms with Crippen LogP contribution in [0.1, 0.15) is 186 Å². The number of aliphatic hydroxyl groups is 2. The molecule has 5 aliphatic rings. The van der Waals surface area contributed by atoms with Crippen LogP contribution < -0.4 is 64.2 Å². The van der Waals surface area contributed by atoms with Crippen LogP contribution >= 0.6 is 61.2 Å². The molecule has 5 heterocycles. The predicted molar refractivity (Wildman–Crippen MR) is 458 cm³/mol. The number of likely N-dealkylation sites (tertiary alicyclic amines) is 4. The summed E-state index contributed by atoms with van der Waals surface area (Å²) >= 11 is 11.9. The van der Waals surface area contributed by atoms with E-state index < -0.39 is 107 Å². The average molecular weight is 1760 g/mol. The molecular weight excluding hydrogens is 1620 g/mol. The first kappa shape index (κ1) is 112. The van der Waals surface area contributed by atoms with E-state index in [-0.39, 0.29) is 159 Å². The molecule has 5 fully saturated rings. The average Bonchev–Trinajstić information content (AvgIpc) is 1.64. The van der Waals surface area contributed by atoms with Crippen LogP contribution in [0.4, 0.5) is 0 Å². The molecule has 5 saturated heterocycles. The van der Waals surface area contributed by atoms with Crippen LogP contribution in [0.3, 0.4) is 0 Å². The highest BCUT2D eigenvalue weighted by atomic mass is 35.5. The molecule has 0 aromatic carbocycles. The lowest BCUT2D eigenvalue weighted by molar-refractivity contribution is -0.142. The number of thioether (sulfide) groups is 2. The fraction of sp³-hybridized carbons (Fsp3) is 0.776. The molecule has 5 rings (SSSR count). The molecule has 0 saturated carbocycles. The second kappa shape index (κ2) is 60.8. The summed E-state index contributed by atoms with van der Waals surface area (Å²) in [5.41, 5.74) is 5.60. The van der Waals surface area contributed by atoms with Gasteiger partial charge < -0.3 is 79.5 Å². The maximum Gasteiger partial charge on any atom is 0.321 e. The van der Waals surface area contributed by atoms with Crippen LogP contribution in [0.5, 0.6) is 0 Å². The third kappa shape index (κ3) is 46.1. The number of ketones is 5. The van der Waals surface area contributed by atoms with Crippen molar-refractivity contribution in [2.24, 2.45) is 5.73 Å². The summed E-state index contributed by atoms with van der Waals surface area (Å²) in [5, 5.41) is 56.2. The fourth-order valence-electron chi connectivity index (χ4n) is 12.1. The van der Waals surface area contributed by atoms with E-state index in [0.29, 0.717) is 44.9 Å². The van der Waals surface area contributed by atoms with Gasteiger partial charge in [-0.3, -0.25) is 101 Å². The number of rotatable bonds is 38. The topological polar surface area (TPSA) is 522 Å². The number of nitrogens with zero attached hydrogens (tertiary/aromatic N) is 4. The number of carboxylic acids is 1. The summed E-state index contributed by atoms with van der Waals surface area (Å²) in [6, 6.07) is -5.53. The van der Waals surface area contributed by atoms with E-state index in [4.69, 9.17) is 10.8 Å². The second-order valence-corrected chi connectivity index (χ2v) is 34.4. The van der Waals surface area contributed by atoms with Gasteiger partial charge in [-0.25, -0.2) is 0 Å². The molecule has 0 aliphatic carbocycles. The first-order chi connectivity index (χ1) is 54.4. The van der Waals surface area contributed by atoms with Crippen molar-refractivity contribution in [3.63, 3.8) is 0 Å². The minimum atomic E-state index is -1.48. The first-order valence-corrected chi connectivity index (χ1v) is 43.1. The number of amides is 11. The Hall–Kier alpha value is -6.60. The van der Waals surface area contributed by atoms with Gasteiger partial charge in [-0.1, -0.05) is 53.4 Å². The molecule has 36 nitrogen and oxygen atoms in total. The van der Waals surface area contributed by atoms with Crippen LogP contribution in [0.15, 0.2) is 0 Å². The molecule has 0 aromatic heterocycles. The molecule has 41 heteroatoms. The van der Waals surface area contributed by atoms with Crippen LogP contribution in [0, 0.1) is 0 Å². The highest BCUT2D eigenvalue weighted by Crippen LogP contribution is 2.49. The van der Waals surface area contributed by atoms with E-state index in [1.54, 1.807) is 63.5 Å². The number of unbranched alkanes of at least 4 members (excludes halogenated alkanes) is 1. The number of Topliss-reactive ketones (excluding diaryl/α,β-unsaturated/α-hetero) is 5. The van der Waals surface area contributed by atoms with Gasteiger partial charge in [0, 0.05) is 56.0 Å². The van der Waals surface area contributed by atoms with Crippen molar-refractivity contribution in [2.45, 2.75) is 275 Å². The summed E-state index contributed by atoms with van der Waals surface area (Å²) in [4.78, 5) is 208. The third-order valence-electron chi connectivity index (χ3n) is 17.9. The van der Waals surface area contributed by atoms with Crippen LogP contribution in [-0.4, -0.2) is 327 Å². The van der Waals surface area contributed by atoms with Gasteiger partial charge in [0.05, 0.1) is 86.1 Å². The normalized spacial score (nSPS) is 19.2. The van der Waals surface area contributed by atoms with E-state index >= 15 is 0 Å². The molecule has 11 amide bonds. The molecular formula is C76H137ClN16O20S4. The SMILES string of the molecule is CCCC(N)C(O)C(=O)NCC(=O)NC(C)C.CCCC(NC(=O)C1CC(=O)CN1C)C(=O)C(=O)NCC(=O)NC(C)C.CCCC(NC(=O)C1CC(=O)CN1C)C(O)C(=O)NCC(=O)NC(C)C.CCCC(NC(=O)C1CC2(CN1C)SCCCCS2)C(=O)C(=O)NCC(=O)NC(C)C.CN1CC(=O)CC1C(=O)O.Cl.SCCCCS. The molecule has 0 aromatic rings. The zero-order chi connectivity index (χ0) is 88.7. The molecule has 0 radical (unpaired) electrons. The molecule has 672 valence electrons. The van der Waals surface area contributed by atoms with Crippen molar-refractivity contribution in [3.05, 3.63) is 0 Å². The maximum absolute atomic E-state index is 13.0. The van der Waals surface area contributed by atoms with Crippen molar-refractivity contribution >= 4 is 161 Å². The highest BCUT2D eigenvalue weighted by molar-refractivity contribution is 8.18. The number of thiol groups is 2. The summed E-state index contributed by atoms with van der Waals surface area (Å²) in [6.07, 6.45) is 7.47. The van der Waals surface area contributed by atoms with E-state index in [1.807, 2.05) is 86.0 Å². The number of nitrogens with two attached hydrogens (primary N) is 1. The first-order valence-electron chi connectivity index (χ1n) is 39.9. The van der Waals surface area contributed by atoms with E-state index in [1.165, 1.54) is 25.7 Å². The molecule has 10 unspecified atom stereocenters. The number of carbonyl (C=O) groups is 17. The quantitative estimate of drug-likeness (QED) is 0.0199. The van der Waals surface area contributed by atoms with E-state index in [0.717, 1.165) is 42.4 Å². The zero-order valence-electron chi connectivity index (χ0n) is 71.1. The second-order valence-electron chi connectivity index (χ2n) is 30.3. The van der Waals surface area contributed by atoms with Gasteiger partial charge in [0.1, 0.15) is 29.5 Å². The highest BCUT2D eigenvalue weighted by Gasteiger charge is 2.48. The molecule has 0 bridgehead atoms. The molecule has 5 aliphatic heterocycles. The Morgan fingerprint density at radius 2 is 0.786 bits per heavy atom. The number of carbonyl (C=O) groups excluding carboxylic acids is 16. The van der Waals surface area contributed by atoms with Crippen LogP contribution in [-0.2, 0) is 81.5 Å². The Morgan fingerprint density at radius 3 is 1.09 bits per heavy atom. The number of carboxylic acid groups (broad SMARTS) is 1. The minimum absolute atomic E-state index is 0. The number of halogens is 1. The number of hydrogen-bond acceptors (Lipinski definition) is 28. The van der Waals surface area contributed by atoms with Crippen molar-refractivity contribution < 1.29 is 96.8 Å². The summed E-state index contributed by atoms with van der Waals surface area (Å²) in [7, 11) is 6.93. The van der Waals surface area contributed by atoms with E-state index in [2.05, 4.69) is 88.6 Å². The number of aliphatic hydroxyl groups excluding tert-OH is 2. The van der Waals surface area contributed by atoms with Crippen molar-refractivity contribution in [2.75, 3.05) is 104 Å². The lowest BCUT2D eigenvalue weighted by Crippen LogP contribution is -2.54. The van der Waals surface area contributed by atoms with Gasteiger partial charge in [0.15, 0.2) is 6.10 Å². The van der Waals surface area contributed by atoms with Crippen molar-refractivity contribution in [1.82, 2.24) is 78.1 Å². The monoisotopic (exact) mass is 1760 g/mol. The van der Waals surface area contributed by atoms with Gasteiger partial charge >= 0.3 is 5.97 Å². The predicted octanol–water partition coefficient (Wildman–Crippen LogP) is -1.05.